The topological polar surface area (TPSA) is 88.2 Å². The zero-order valence-corrected chi connectivity index (χ0v) is 10.2. The SMILES string of the molecule is Cl.NC1(C(=O)Nc2ncccc2O)CCCC1. The summed E-state index contributed by atoms with van der Waals surface area (Å²) < 4.78 is 0. The lowest BCUT2D eigenvalue weighted by Crippen LogP contribution is -2.48. The van der Waals surface area contributed by atoms with Crippen molar-refractivity contribution in [3.63, 3.8) is 0 Å². The van der Waals surface area contributed by atoms with Gasteiger partial charge in [0.15, 0.2) is 11.6 Å². The summed E-state index contributed by atoms with van der Waals surface area (Å²) in [7, 11) is 0. The van der Waals surface area contributed by atoms with Crippen molar-refractivity contribution in [2.45, 2.75) is 31.2 Å². The van der Waals surface area contributed by atoms with Gasteiger partial charge in [-0.1, -0.05) is 12.8 Å². The molecule has 0 aromatic carbocycles. The van der Waals surface area contributed by atoms with Crippen molar-refractivity contribution in [1.82, 2.24) is 4.98 Å². The molecule has 1 aromatic rings. The second-order valence-corrected chi connectivity index (χ2v) is 4.19. The van der Waals surface area contributed by atoms with Crippen molar-refractivity contribution in [3.05, 3.63) is 18.3 Å². The largest absolute Gasteiger partial charge is 0.504 e. The Kier molecular flexibility index (Phi) is 4.31. The summed E-state index contributed by atoms with van der Waals surface area (Å²) in [6, 6.07) is 3.07. The summed E-state index contributed by atoms with van der Waals surface area (Å²) in [5, 5.41) is 12.0. The molecule has 0 radical (unpaired) electrons. The van der Waals surface area contributed by atoms with Crippen LogP contribution in [0.15, 0.2) is 18.3 Å². The molecule has 5 nitrogen and oxygen atoms in total. The van der Waals surface area contributed by atoms with Gasteiger partial charge in [-0.3, -0.25) is 4.79 Å². The number of halogens is 1. The Morgan fingerprint density at radius 1 is 1.47 bits per heavy atom. The monoisotopic (exact) mass is 257 g/mol. The summed E-state index contributed by atoms with van der Waals surface area (Å²) in [6.45, 7) is 0. The molecule has 1 aliphatic rings. The Balaban J connectivity index is 0.00000144. The lowest BCUT2D eigenvalue weighted by molar-refractivity contribution is -0.121. The van der Waals surface area contributed by atoms with Gasteiger partial charge in [-0.25, -0.2) is 4.98 Å². The van der Waals surface area contributed by atoms with E-state index < -0.39 is 5.54 Å². The molecule has 1 fully saturated rings. The number of rotatable bonds is 2. The van der Waals surface area contributed by atoms with E-state index in [1.54, 1.807) is 6.07 Å². The van der Waals surface area contributed by atoms with E-state index in [1.165, 1.54) is 12.3 Å². The third kappa shape index (κ3) is 2.87. The van der Waals surface area contributed by atoms with E-state index in [0.29, 0.717) is 12.8 Å². The Morgan fingerprint density at radius 2 is 2.12 bits per heavy atom. The number of nitrogens with two attached hydrogens (primary N) is 1. The molecule has 94 valence electrons. The van der Waals surface area contributed by atoms with Crippen LogP contribution in [0.5, 0.6) is 5.75 Å². The summed E-state index contributed by atoms with van der Waals surface area (Å²) >= 11 is 0. The zero-order chi connectivity index (χ0) is 11.6. The number of carbonyl (C=O) groups excluding carboxylic acids is 1. The van der Waals surface area contributed by atoms with Crippen LogP contribution in [0.25, 0.3) is 0 Å². The van der Waals surface area contributed by atoms with E-state index in [-0.39, 0.29) is 29.9 Å². The number of amides is 1. The highest BCUT2D eigenvalue weighted by molar-refractivity contribution is 5.98. The average Bonchev–Trinajstić information content (AvgIpc) is 2.70. The maximum Gasteiger partial charge on any atom is 0.245 e. The zero-order valence-electron chi connectivity index (χ0n) is 9.35. The van der Waals surface area contributed by atoms with Crippen LogP contribution in [0.3, 0.4) is 0 Å². The molecule has 0 spiro atoms. The molecule has 4 N–H and O–H groups in total. The molecule has 6 heteroatoms. The van der Waals surface area contributed by atoms with Gasteiger partial charge in [0.25, 0.3) is 0 Å². The van der Waals surface area contributed by atoms with E-state index >= 15 is 0 Å². The first-order valence-corrected chi connectivity index (χ1v) is 5.36. The minimum absolute atomic E-state index is 0. The number of pyridine rings is 1. The number of hydrogen-bond donors (Lipinski definition) is 3. The minimum Gasteiger partial charge on any atom is -0.504 e. The summed E-state index contributed by atoms with van der Waals surface area (Å²) in [5.74, 6) is -0.138. The van der Waals surface area contributed by atoms with Crippen molar-refractivity contribution in [3.8, 4) is 5.75 Å². The Bertz CT molecular complexity index is 405. The van der Waals surface area contributed by atoms with Crippen molar-refractivity contribution < 1.29 is 9.90 Å². The van der Waals surface area contributed by atoms with Gasteiger partial charge in [0.2, 0.25) is 5.91 Å². The molecule has 17 heavy (non-hydrogen) atoms. The number of anilines is 1. The molecular formula is C11H16ClN3O2. The first-order chi connectivity index (χ1) is 7.62. The number of carbonyl (C=O) groups is 1. The van der Waals surface area contributed by atoms with Crippen LogP contribution in [0.2, 0.25) is 0 Å². The molecule has 1 heterocycles. The van der Waals surface area contributed by atoms with Crippen LogP contribution in [-0.2, 0) is 4.79 Å². The quantitative estimate of drug-likeness (QED) is 0.748. The van der Waals surface area contributed by atoms with Gasteiger partial charge in [-0.05, 0) is 25.0 Å². The molecule has 0 atom stereocenters. The highest BCUT2D eigenvalue weighted by Gasteiger charge is 2.37. The predicted molar refractivity (Wildman–Crippen MR) is 67.2 cm³/mol. The fourth-order valence-electron chi connectivity index (χ4n) is 1.96. The van der Waals surface area contributed by atoms with Gasteiger partial charge < -0.3 is 16.2 Å². The van der Waals surface area contributed by atoms with Crippen molar-refractivity contribution in [2.24, 2.45) is 5.73 Å². The average molecular weight is 258 g/mol. The molecule has 1 aliphatic carbocycles. The normalized spacial score (nSPS) is 17.2. The molecule has 0 unspecified atom stereocenters. The maximum absolute atomic E-state index is 11.9. The van der Waals surface area contributed by atoms with Gasteiger partial charge in [-0.2, -0.15) is 0 Å². The Labute approximate surface area is 106 Å². The number of hydrogen-bond acceptors (Lipinski definition) is 4. The van der Waals surface area contributed by atoms with E-state index in [2.05, 4.69) is 10.3 Å². The van der Waals surface area contributed by atoms with Crippen LogP contribution < -0.4 is 11.1 Å². The fourth-order valence-corrected chi connectivity index (χ4v) is 1.96. The van der Waals surface area contributed by atoms with Crippen molar-refractivity contribution in [1.29, 1.82) is 0 Å². The van der Waals surface area contributed by atoms with Gasteiger partial charge in [0.05, 0.1) is 5.54 Å². The van der Waals surface area contributed by atoms with E-state index in [9.17, 15) is 9.90 Å². The first kappa shape index (κ1) is 13.7. The van der Waals surface area contributed by atoms with E-state index in [1.807, 2.05) is 0 Å². The fraction of sp³-hybridized carbons (Fsp3) is 0.455. The van der Waals surface area contributed by atoms with Crippen LogP contribution in [0.1, 0.15) is 25.7 Å². The van der Waals surface area contributed by atoms with E-state index in [0.717, 1.165) is 12.8 Å². The molecule has 0 aliphatic heterocycles. The Hall–Kier alpha value is -1.33. The summed E-state index contributed by atoms with van der Waals surface area (Å²) in [4.78, 5) is 15.8. The third-order valence-corrected chi connectivity index (χ3v) is 2.97. The summed E-state index contributed by atoms with van der Waals surface area (Å²) in [6.07, 6.45) is 4.82. The number of aromatic nitrogens is 1. The maximum atomic E-state index is 11.9. The molecule has 2 rings (SSSR count). The smallest absolute Gasteiger partial charge is 0.245 e. The van der Waals surface area contributed by atoms with Gasteiger partial charge in [0.1, 0.15) is 0 Å². The second kappa shape index (κ2) is 5.33. The lowest BCUT2D eigenvalue weighted by atomic mass is 9.98. The van der Waals surface area contributed by atoms with Crippen LogP contribution in [0.4, 0.5) is 5.82 Å². The van der Waals surface area contributed by atoms with Crippen molar-refractivity contribution >= 4 is 24.1 Å². The number of nitrogens with one attached hydrogen (secondary N) is 1. The first-order valence-electron chi connectivity index (χ1n) is 5.36. The highest BCUT2D eigenvalue weighted by Crippen LogP contribution is 2.29. The van der Waals surface area contributed by atoms with Crippen LogP contribution in [0, 0.1) is 0 Å². The molecule has 1 amide bonds. The van der Waals surface area contributed by atoms with Gasteiger partial charge >= 0.3 is 0 Å². The second-order valence-electron chi connectivity index (χ2n) is 4.19. The summed E-state index contributed by atoms with van der Waals surface area (Å²) in [5.41, 5.74) is 5.18. The van der Waals surface area contributed by atoms with Gasteiger partial charge in [0, 0.05) is 6.20 Å². The molecule has 1 aromatic heterocycles. The van der Waals surface area contributed by atoms with E-state index in [4.69, 9.17) is 5.73 Å². The van der Waals surface area contributed by atoms with Crippen LogP contribution in [-0.4, -0.2) is 21.5 Å². The standard InChI is InChI=1S/C11H15N3O2.ClH/c12-11(5-1-2-6-11)10(16)14-9-8(15)4-3-7-13-9;/h3-4,7,15H,1-2,5-6,12H2,(H,13,14,16);1H. The molecule has 0 saturated heterocycles. The van der Waals surface area contributed by atoms with Gasteiger partial charge in [-0.15, -0.1) is 12.4 Å². The van der Waals surface area contributed by atoms with Crippen LogP contribution >= 0.6 is 12.4 Å². The molecular weight excluding hydrogens is 242 g/mol. The molecule has 1 saturated carbocycles. The minimum atomic E-state index is -0.802. The predicted octanol–water partition coefficient (Wildman–Crippen LogP) is 1.42. The number of nitrogens with zero attached hydrogens (tertiary/aromatic N) is 1. The highest BCUT2D eigenvalue weighted by atomic mass is 35.5. The third-order valence-electron chi connectivity index (χ3n) is 2.97. The lowest BCUT2D eigenvalue weighted by Gasteiger charge is -2.21. The Morgan fingerprint density at radius 3 is 2.71 bits per heavy atom. The number of aromatic hydroxyl groups is 1. The molecule has 0 bridgehead atoms. The van der Waals surface area contributed by atoms with Crippen molar-refractivity contribution in [2.75, 3.05) is 5.32 Å².